The molecule has 6 heteroatoms. The minimum atomic E-state index is -0.215. The summed E-state index contributed by atoms with van der Waals surface area (Å²) in [5.74, 6) is 0. The Morgan fingerprint density at radius 2 is 1.74 bits per heavy atom. The van der Waals surface area contributed by atoms with Crippen molar-refractivity contribution in [2.45, 2.75) is 13.5 Å². The number of nitrogens with zero attached hydrogens (tertiary/aromatic N) is 3. The van der Waals surface area contributed by atoms with Gasteiger partial charge in [0, 0.05) is 32.7 Å². The van der Waals surface area contributed by atoms with Gasteiger partial charge in [0.15, 0.2) is 0 Å². The number of benzene rings is 2. The van der Waals surface area contributed by atoms with Crippen molar-refractivity contribution in [2.75, 3.05) is 32.8 Å². The standard InChI is InChI=1S/C21H23N3O2.BrH/c1-2-26-21(25)24-13-11-23(12-14-24)16-17-7-9-18(10-8-17)20-6-4-3-5-19(20)15-22;/h3-10H,2,11-14,16H2,1H3;1H. The van der Waals surface area contributed by atoms with Crippen LogP contribution < -0.4 is 0 Å². The second-order valence-corrected chi connectivity index (χ2v) is 6.32. The monoisotopic (exact) mass is 429 g/mol. The maximum absolute atomic E-state index is 11.7. The molecule has 1 aliphatic heterocycles. The van der Waals surface area contributed by atoms with Crippen LogP contribution in [0.4, 0.5) is 4.79 Å². The Bertz CT molecular complexity index is 794. The van der Waals surface area contributed by atoms with Crippen molar-refractivity contribution >= 4 is 23.1 Å². The zero-order chi connectivity index (χ0) is 18.4. The average Bonchev–Trinajstić information content (AvgIpc) is 2.69. The van der Waals surface area contributed by atoms with Crippen molar-refractivity contribution < 1.29 is 9.53 Å². The van der Waals surface area contributed by atoms with E-state index < -0.39 is 0 Å². The number of rotatable bonds is 4. The van der Waals surface area contributed by atoms with Crippen LogP contribution in [0.3, 0.4) is 0 Å². The number of hydrogen-bond acceptors (Lipinski definition) is 4. The molecule has 3 rings (SSSR count). The van der Waals surface area contributed by atoms with Gasteiger partial charge in [0.25, 0.3) is 0 Å². The van der Waals surface area contributed by atoms with Crippen LogP contribution in [0.1, 0.15) is 18.1 Å². The van der Waals surface area contributed by atoms with Crippen LogP contribution in [0, 0.1) is 11.3 Å². The number of piperazine rings is 1. The molecule has 5 nitrogen and oxygen atoms in total. The maximum atomic E-state index is 11.7. The molecular weight excluding hydrogens is 406 g/mol. The number of carbonyl (C=O) groups excluding carboxylic acids is 1. The third-order valence-electron chi connectivity index (χ3n) is 4.62. The first kappa shape index (κ1) is 20.9. The molecule has 0 atom stereocenters. The first-order valence-electron chi connectivity index (χ1n) is 8.93. The van der Waals surface area contributed by atoms with Gasteiger partial charge in [-0.25, -0.2) is 4.79 Å². The molecule has 1 heterocycles. The molecule has 0 aromatic heterocycles. The molecule has 1 fully saturated rings. The van der Waals surface area contributed by atoms with Gasteiger partial charge >= 0.3 is 6.09 Å². The van der Waals surface area contributed by atoms with Crippen molar-refractivity contribution in [3.05, 3.63) is 59.7 Å². The summed E-state index contributed by atoms with van der Waals surface area (Å²) in [6.07, 6.45) is -0.215. The fraction of sp³-hybridized carbons (Fsp3) is 0.333. The van der Waals surface area contributed by atoms with Gasteiger partial charge in [-0.2, -0.15) is 5.26 Å². The smallest absolute Gasteiger partial charge is 0.409 e. The average molecular weight is 430 g/mol. The van der Waals surface area contributed by atoms with E-state index in [9.17, 15) is 10.1 Å². The van der Waals surface area contributed by atoms with Crippen LogP contribution in [-0.4, -0.2) is 48.7 Å². The van der Waals surface area contributed by atoms with Crippen LogP contribution >= 0.6 is 17.0 Å². The van der Waals surface area contributed by atoms with Crippen LogP contribution in [0.15, 0.2) is 48.5 Å². The van der Waals surface area contributed by atoms with E-state index in [0.717, 1.165) is 30.8 Å². The highest BCUT2D eigenvalue weighted by atomic mass is 79.9. The molecule has 0 unspecified atom stereocenters. The van der Waals surface area contributed by atoms with Gasteiger partial charge in [-0.05, 0) is 29.7 Å². The lowest BCUT2D eigenvalue weighted by Gasteiger charge is -2.34. The minimum Gasteiger partial charge on any atom is -0.450 e. The lowest BCUT2D eigenvalue weighted by molar-refractivity contribution is 0.0778. The molecule has 0 spiro atoms. The SMILES string of the molecule is Br.CCOC(=O)N1CCN(Cc2ccc(-c3ccccc3C#N)cc2)CC1. The molecular formula is C21H24BrN3O2. The zero-order valence-corrected chi connectivity index (χ0v) is 17.1. The summed E-state index contributed by atoms with van der Waals surface area (Å²) < 4.78 is 5.05. The second kappa shape index (κ2) is 10.1. The molecule has 0 aliphatic carbocycles. The topological polar surface area (TPSA) is 56.6 Å². The van der Waals surface area contributed by atoms with E-state index in [-0.39, 0.29) is 23.1 Å². The van der Waals surface area contributed by atoms with E-state index in [2.05, 4.69) is 35.2 Å². The largest absolute Gasteiger partial charge is 0.450 e. The van der Waals surface area contributed by atoms with E-state index >= 15 is 0 Å². The number of nitriles is 1. The van der Waals surface area contributed by atoms with Gasteiger partial charge in [0.05, 0.1) is 18.2 Å². The van der Waals surface area contributed by atoms with E-state index in [4.69, 9.17) is 4.74 Å². The second-order valence-electron chi connectivity index (χ2n) is 6.32. The fourth-order valence-electron chi connectivity index (χ4n) is 3.18. The number of carbonyl (C=O) groups is 1. The van der Waals surface area contributed by atoms with Crippen molar-refractivity contribution in [1.29, 1.82) is 5.26 Å². The predicted molar refractivity (Wildman–Crippen MR) is 111 cm³/mol. The molecule has 0 bridgehead atoms. The highest BCUT2D eigenvalue weighted by molar-refractivity contribution is 8.93. The van der Waals surface area contributed by atoms with E-state index in [1.807, 2.05) is 31.2 Å². The van der Waals surface area contributed by atoms with Gasteiger partial charge in [-0.1, -0.05) is 42.5 Å². The summed E-state index contributed by atoms with van der Waals surface area (Å²) in [4.78, 5) is 15.9. The summed E-state index contributed by atoms with van der Waals surface area (Å²) in [7, 11) is 0. The Labute approximate surface area is 170 Å². The highest BCUT2D eigenvalue weighted by Gasteiger charge is 2.21. The quantitative estimate of drug-likeness (QED) is 0.734. The maximum Gasteiger partial charge on any atom is 0.409 e. The third-order valence-corrected chi connectivity index (χ3v) is 4.62. The molecule has 0 radical (unpaired) electrons. The van der Waals surface area contributed by atoms with Crippen molar-refractivity contribution in [1.82, 2.24) is 9.80 Å². The predicted octanol–water partition coefficient (Wildman–Crippen LogP) is 4.08. The summed E-state index contributed by atoms with van der Waals surface area (Å²) in [6, 6.07) is 18.3. The molecule has 1 aliphatic rings. The Hall–Kier alpha value is -2.36. The lowest BCUT2D eigenvalue weighted by Crippen LogP contribution is -2.48. The van der Waals surface area contributed by atoms with Crippen molar-refractivity contribution in [3.8, 4) is 17.2 Å². The van der Waals surface area contributed by atoms with Crippen LogP contribution in [-0.2, 0) is 11.3 Å². The van der Waals surface area contributed by atoms with Crippen molar-refractivity contribution in [3.63, 3.8) is 0 Å². The Morgan fingerprint density at radius 1 is 1.07 bits per heavy atom. The summed E-state index contributed by atoms with van der Waals surface area (Å²) in [5, 5.41) is 9.25. The summed E-state index contributed by atoms with van der Waals surface area (Å²) >= 11 is 0. The molecule has 1 amide bonds. The molecule has 27 heavy (non-hydrogen) atoms. The molecule has 0 N–H and O–H groups in total. The molecule has 1 saturated heterocycles. The van der Waals surface area contributed by atoms with Gasteiger partial charge in [0.2, 0.25) is 0 Å². The van der Waals surface area contributed by atoms with E-state index in [0.29, 0.717) is 25.3 Å². The van der Waals surface area contributed by atoms with Gasteiger partial charge in [-0.15, -0.1) is 17.0 Å². The lowest BCUT2D eigenvalue weighted by atomic mass is 9.99. The molecule has 142 valence electrons. The van der Waals surface area contributed by atoms with Crippen molar-refractivity contribution in [2.24, 2.45) is 0 Å². The first-order valence-corrected chi connectivity index (χ1v) is 8.93. The van der Waals surface area contributed by atoms with E-state index in [1.54, 1.807) is 4.90 Å². The Balaban J connectivity index is 0.00000261. The van der Waals surface area contributed by atoms with Crippen LogP contribution in [0.25, 0.3) is 11.1 Å². The molecule has 2 aromatic rings. The minimum absolute atomic E-state index is 0. The number of halogens is 1. The van der Waals surface area contributed by atoms with Gasteiger partial charge < -0.3 is 9.64 Å². The number of ether oxygens (including phenoxy) is 1. The molecule has 2 aromatic carbocycles. The number of amides is 1. The Morgan fingerprint density at radius 3 is 2.37 bits per heavy atom. The highest BCUT2D eigenvalue weighted by Crippen LogP contribution is 2.24. The third kappa shape index (κ3) is 5.31. The summed E-state index contributed by atoms with van der Waals surface area (Å²) in [5.41, 5.74) is 3.94. The summed E-state index contributed by atoms with van der Waals surface area (Å²) in [6.45, 7) is 6.19. The fourth-order valence-corrected chi connectivity index (χ4v) is 3.18. The van der Waals surface area contributed by atoms with Crippen LogP contribution in [0.5, 0.6) is 0 Å². The normalized spacial score (nSPS) is 14.1. The Kier molecular flexibility index (Phi) is 7.83. The number of hydrogen-bond donors (Lipinski definition) is 0. The zero-order valence-electron chi connectivity index (χ0n) is 15.4. The first-order chi connectivity index (χ1) is 12.7. The van der Waals surface area contributed by atoms with E-state index in [1.165, 1.54) is 5.56 Å². The van der Waals surface area contributed by atoms with Gasteiger partial charge in [0.1, 0.15) is 0 Å². The molecule has 0 saturated carbocycles. The van der Waals surface area contributed by atoms with Gasteiger partial charge in [-0.3, -0.25) is 4.90 Å². The van der Waals surface area contributed by atoms with Crippen LogP contribution in [0.2, 0.25) is 0 Å².